The molecule has 0 radical (unpaired) electrons. The molecule has 0 saturated carbocycles. The maximum Gasteiger partial charge on any atom is 0.122 e. The van der Waals surface area contributed by atoms with E-state index in [2.05, 4.69) is 37.9 Å². The van der Waals surface area contributed by atoms with E-state index in [4.69, 9.17) is 0 Å². The average Bonchev–Trinajstić information content (AvgIpc) is 2.71. The maximum absolute atomic E-state index is 4.39. The quantitative estimate of drug-likeness (QED) is 0.791. The minimum Gasteiger partial charge on any atom is -0.333 e. The first-order chi connectivity index (χ1) is 8.81. The highest BCUT2D eigenvalue weighted by Gasteiger charge is 2.21. The van der Waals surface area contributed by atoms with Crippen LogP contribution in [0.5, 0.6) is 0 Å². The van der Waals surface area contributed by atoms with E-state index in [1.165, 1.54) is 38.5 Å². The van der Waals surface area contributed by atoms with Crippen molar-refractivity contribution in [2.24, 2.45) is 5.92 Å². The monoisotopic (exact) mass is 249 g/mol. The summed E-state index contributed by atoms with van der Waals surface area (Å²) in [5, 5.41) is 3.52. The van der Waals surface area contributed by atoms with Crippen LogP contribution in [0.1, 0.15) is 5.82 Å². The molecule has 2 aliphatic rings. The van der Waals surface area contributed by atoms with Crippen molar-refractivity contribution in [1.29, 1.82) is 0 Å². The first-order valence-electron chi connectivity index (χ1n) is 6.93. The largest absolute Gasteiger partial charge is 0.333 e. The van der Waals surface area contributed by atoms with Gasteiger partial charge in [0.2, 0.25) is 0 Å². The number of fused-ring (bicyclic) bond motifs is 1. The lowest BCUT2D eigenvalue weighted by Gasteiger charge is -2.34. The van der Waals surface area contributed by atoms with Crippen molar-refractivity contribution in [3.63, 3.8) is 0 Å². The second kappa shape index (κ2) is 5.38. The number of imidazole rings is 1. The molecule has 0 amide bonds. The summed E-state index contributed by atoms with van der Waals surface area (Å²) in [6, 6.07) is 0. The first-order valence-corrected chi connectivity index (χ1v) is 6.93. The van der Waals surface area contributed by atoms with E-state index in [-0.39, 0.29) is 0 Å². The highest BCUT2D eigenvalue weighted by atomic mass is 15.2. The Morgan fingerprint density at radius 3 is 3.00 bits per heavy atom. The van der Waals surface area contributed by atoms with Gasteiger partial charge in [-0.2, -0.15) is 0 Å². The summed E-state index contributed by atoms with van der Waals surface area (Å²) < 4.78 is 2.31. The number of hydrogen-bond acceptors (Lipinski definition) is 4. The van der Waals surface area contributed by atoms with Crippen LogP contribution in [-0.2, 0) is 13.1 Å². The van der Waals surface area contributed by atoms with Crippen LogP contribution < -0.4 is 5.32 Å². The summed E-state index contributed by atoms with van der Waals surface area (Å²) in [4.78, 5) is 9.41. The van der Waals surface area contributed by atoms with E-state index in [0.29, 0.717) is 5.92 Å². The minimum absolute atomic E-state index is 0.698. The summed E-state index contributed by atoms with van der Waals surface area (Å²) in [6.07, 6.45) is 4.02. The molecule has 0 unspecified atom stereocenters. The van der Waals surface area contributed by atoms with Crippen molar-refractivity contribution in [1.82, 2.24) is 24.7 Å². The molecule has 0 bridgehead atoms. The van der Waals surface area contributed by atoms with Gasteiger partial charge in [-0.3, -0.25) is 0 Å². The standard InChI is InChI=1S/C13H23N5/c1-16-4-6-17(7-5-16)10-12-8-14-9-13-15-2-3-18(13)11-12/h2-3,12,14H,4-11H2,1H3/t12-/m1/s1. The molecule has 0 aromatic carbocycles. The molecule has 100 valence electrons. The molecule has 2 aliphatic heterocycles. The van der Waals surface area contributed by atoms with Gasteiger partial charge in [0.05, 0.1) is 6.54 Å². The lowest BCUT2D eigenvalue weighted by Crippen LogP contribution is -2.47. The molecule has 1 saturated heterocycles. The molecule has 0 aliphatic carbocycles. The highest BCUT2D eigenvalue weighted by molar-refractivity contribution is 4.95. The lowest BCUT2D eigenvalue weighted by molar-refractivity contribution is 0.132. The van der Waals surface area contributed by atoms with Crippen LogP contribution in [-0.4, -0.2) is 65.7 Å². The summed E-state index contributed by atoms with van der Waals surface area (Å²) in [5.41, 5.74) is 0. The lowest BCUT2D eigenvalue weighted by atomic mass is 10.1. The van der Waals surface area contributed by atoms with Crippen LogP contribution >= 0.6 is 0 Å². The Bertz CT molecular complexity index is 380. The Morgan fingerprint density at radius 1 is 1.33 bits per heavy atom. The third kappa shape index (κ3) is 2.74. The normalized spacial score (nSPS) is 26.8. The zero-order valence-electron chi connectivity index (χ0n) is 11.2. The fourth-order valence-corrected chi connectivity index (χ4v) is 2.92. The zero-order valence-corrected chi connectivity index (χ0v) is 11.2. The highest BCUT2D eigenvalue weighted by Crippen LogP contribution is 2.11. The maximum atomic E-state index is 4.39. The summed E-state index contributed by atoms with van der Waals surface area (Å²) >= 11 is 0. The molecule has 1 atom stereocenters. The molecule has 3 rings (SSSR count). The van der Waals surface area contributed by atoms with Crippen LogP contribution in [0.15, 0.2) is 12.4 Å². The molecule has 1 N–H and O–H groups in total. The second-order valence-corrected chi connectivity index (χ2v) is 5.60. The van der Waals surface area contributed by atoms with E-state index in [9.17, 15) is 0 Å². The number of rotatable bonds is 2. The number of piperazine rings is 1. The van der Waals surface area contributed by atoms with Crippen LogP contribution in [0.3, 0.4) is 0 Å². The van der Waals surface area contributed by atoms with Gasteiger partial charge in [0.15, 0.2) is 0 Å². The van der Waals surface area contributed by atoms with Gasteiger partial charge in [-0.05, 0) is 7.05 Å². The summed E-state index contributed by atoms with van der Waals surface area (Å²) in [7, 11) is 2.21. The van der Waals surface area contributed by atoms with E-state index in [1.807, 2.05) is 6.20 Å². The van der Waals surface area contributed by atoms with Crippen molar-refractivity contribution in [3.05, 3.63) is 18.2 Å². The smallest absolute Gasteiger partial charge is 0.122 e. The number of hydrogen-bond donors (Lipinski definition) is 1. The molecule has 5 heteroatoms. The third-order valence-electron chi connectivity index (χ3n) is 4.09. The van der Waals surface area contributed by atoms with Gasteiger partial charge < -0.3 is 19.7 Å². The molecule has 1 aromatic rings. The van der Waals surface area contributed by atoms with Gasteiger partial charge in [-0.1, -0.05) is 0 Å². The van der Waals surface area contributed by atoms with Crippen molar-refractivity contribution >= 4 is 0 Å². The van der Waals surface area contributed by atoms with Crippen LogP contribution in [0, 0.1) is 5.92 Å². The molecular formula is C13H23N5. The van der Waals surface area contributed by atoms with Gasteiger partial charge >= 0.3 is 0 Å². The molecule has 3 heterocycles. The number of nitrogens with zero attached hydrogens (tertiary/aromatic N) is 4. The van der Waals surface area contributed by atoms with Crippen LogP contribution in [0.2, 0.25) is 0 Å². The Labute approximate surface area is 109 Å². The third-order valence-corrected chi connectivity index (χ3v) is 4.09. The number of nitrogens with one attached hydrogen (secondary N) is 1. The van der Waals surface area contributed by atoms with E-state index in [0.717, 1.165) is 19.6 Å². The van der Waals surface area contributed by atoms with Crippen molar-refractivity contribution < 1.29 is 0 Å². The Kier molecular flexibility index (Phi) is 3.63. The molecule has 1 aromatic heterocycles. The Hall–Kier alpha value is -0.910. The predicted octanol–water partition coefficient (Wildman–Crippen LogP) is -0.150. The molecule has 1 fully saturated rings. The van der Waals surface area contributed by atoms with Gasteiger partial charge in [-0.15, -0.1) is 0 Å². The van der Waals surface area contributed by atoms with Gasteiger partial charge in [0, 0.05) is 64.1 Å². The summed E-state index contributed by atoms with van der Waals surface area (Å²) in [5.74, 6) is 1.87. The fraction of sp³-hybridized carbons (Fsp3) is 0.769. The second-order valence-electron chi connectivity index (χ2n) is 5.60. The van der Waals surface area contributed by atoms with Crippen molar-refractivity contribution in [2.45, 2.75) is 13.1 Å². The Morgan fingerprint density at radius 2 is 2.17 bits per heavy atom. The van der Waals surface area contributed by atoms with Gasteiger partial charge in [0.25, 0.3) is 0 Å². The van der Waals surface area contributed by atoms with Crippen molar-refractivity contribution in [2.75, 3.05) is 46.3 Å². The SMILES string of the molecule is CN1CCN(C[C@H]2CNCc3nccn3C2)CC1. The van der Waals surface area contributed by atoms with Crippen LogP contribution in [0.25, 0.3) is 0 Å². The van der Waals surface area contributed by atoms with E-state index in [1.54, 1.807) is 0 Å². The number of likely N-dealkylation sites (N-methyl/N-ethyl adjacent to an activating group) is 1. The van der Waals surface area contributed by atoms with Crippen molar-refractivity contribution in [3.8, 4) is 0 Å². The van der Waals surface area contributed by atoms with Gasteiger partial charge in [0.1, 0.15) is 5.82 Å². The topological polar surface area (TPSA) is 36.3 Å². The zero-order chi connectivity index (χ0) is 12.4. The molecule has 5 nitrogen and oxygen atoms in total. The van der Waals surface area contributed by atoms with E-state index < -0.39 is 0 Å². The molecule has 0 spiro atoms. The van der Waals surface area contributed by atoms with Gasteiger partial charge in [-0.25, -0.2) is 4.98 Å². The molecule has 18 heavy (non-hydrogen) atoms. The average molecular weight is 249 g/mol. The van der Waals surface area contributed by atoms with E-state index >= 15 is 0 Å². The Balaban J connectivity index is 1.57. The minimum atomic E-state index is 0.698. The fourth-order valence-electron chi connectivity index (χ4n) is 2.92. The summed E-state index contributed by atoms with van der Waals surface area (Å²) in [6.45, 7) is 9.16. The number of aromatic nitrogens is 2. The van der Waals surface area contributed by atoms with Crippen LogP contribution in [0.4, 0.5) is 0 Å². The first kappa shape index (κ1) is 12.1. The molecular weight excluding hydrogens is 226 g/mol. The predicted molar refractivity (Wildman–Crippen MR) is 71.4 cm³/mol.